The number of amides is 2. The highest BCUT2D eigenvalue weighted by Gasteiger charge is 2.35. The second kappa shape index (κ2) is 12.6. The SMILES string of the molecule is CCOC(=O)c1sc(N2CC[C@@H](NC(=O)c3[nH]c(C)c(Cl)c3Cl)[C@@H](OC)C2)nc1C(=O)NCC1COCO1. The van der Waals surface area contributed by atoms with E-state index in [2.05, 4.69) is 20.6 Å². The quantitative estimate of drug-likeness (QED) is 0.375. The molecule has 0 aliphatic carbocycles. The molecule has 2 aliphatic rings. The summed E-state index contributed by atoms with van der Waals surface area (Å²) >= 11 is 13.4. The summed E-state index contributed by atoms with van der Waals surface area (Å²) in [4.78, 5) is 47.8. The van der Waals surface area contributed by atoms with Crippen molar-refractivity contribution < 1.29 is 33.3 Å². The number of carbonyl (C=O) groups excluding carboxylic acids is 3. The molecule has 0 radical (unpaired) electrons. The molecular weight excluding hydrogens is 561 g/mol. The molecule has 38 heavy (non-hydrogen) atoms. The first-order chi connectivity index (χ1) is 18.2. The molecule has 15 heteroatoms. The first-order valence-corrected chi connectivity index (χ1v) is 13.6. The fourth-order valence-electron chi connectivity index (χ4n) is 4.18. The zero-order valence-electron chi connectivity index (χ0n) is 21.1. The number of aromatic nitrogens is 2. The molecule has 2 aromatic heterocycles. The Morgan fingerprint density at radius 3 is 2.68 bits per heavy atom. The Morgan fingerprint density at radius 2 is 2.05 bits per heavy atom. The summed E-state index contributed by atoms with van der Waals surface area (Å²) < 4.78 is 21.3. The molecule has 4 heterocycles. The maximum absolute atomic E-state index is 12.9. The maximum atomic E-state index is 12.9. The van der Waals surface area contributed by atoms with Gasteiger partial charge in [-0.3, -0.25) is 9.59 Å². The van der Waals surface area contributed by atoms with Crippen LogP contribution in [0.15, 0.2) is 0 Å². The summed E-state index contributed by atoms with van der Waals surface area (Å²) in [6.45, 7) is 5.21. The molecule has 2 aromatic rings. The molecule has 2 saturated heterocycles. The predicted molar refractivity (Wildman–Crippen MR) is 141 cm³/mol. The number of methoxy groups -OCH3 is 1. The van der Waals surface area contributed by atoms with E-state index in [-0.39, 0.29) is 59.3 Å². The first kappa shape index (κ1) is 28.6. The van der Waals surface area contributed by atoms with E-state index in [0.29, 0.717) is 42.0 Å². The number of hydrogen-bond acceptors (Lipinski definition) is 10. The Hall–Kier alpha value is -2.42. The molecule has 2 fully saturated rings. The van der Waals surface area contributed by atoms with E-state index in [1.807, 2.05) is 4.90 Å². The van der Waals surface area contributed by atoms with Crippen LogP contribution in [0.25, 0.3) is 0 Å². The molecule has 208 valence electrons. The van der Waals surface area contributed by atoms with Gasteiger partial charge in [0.15, 0.2) is 10.8 Å². The van der Waals surface area contributed by atoms with Crippen LogP contribution in [0.4, 0.5) is 5.13 Å². The number of nitrogens with zero attached hydrogens (tertiary/aromatic N) is 2. The fraction of sp³-hybridized carbons (Fsp3) is 0.565. The van der Waals surface area contributed by atoms with E-state index in [1.54, 1.807) is 21.0 Å². The van der Waals surface area contributed by atoms with Gasteiger partial charge in [-0.1, -0.05) is 34.5 Å². The molecule has 2 aliphatic heterocycles. The monoisotopic (exact) mass is 589 g/mol. The van der Waals surface area contributed by atoms with E-state index < -0.39 is 18.0 Å². The van der Waals surface area contributed by atoms with Gasteiger partial charge in [0.2, 0.25) is 0 Å². The number of piperidine rings is 1. The van der Waals surface area contributed by atoms with Crippen molar-refractivity contribution in [1.82, 2.24) is 20.6 Å². The van der Waals surface area contributed by atoms with Crippen molar-refractivity contribution in [3.8, 4) is 0 Å². The summed E-state index contributed by atoms with van der Waals surface area (Å²) in [6.07, 6.45) is -0.144. The highest BCUT2D eigenvalue weighted by molar-refractivity contribution is 7.17. The van der Waals surface area contributed by atoms with Crippen molar-refractivity contribution in [1.29, 1.82) is 0 Å². The summed E-state index contributed by atoms with van der Waals surface area (Å²) in [6, 6.07) is -0.317. The Morgan fingerprint density at radius 1 is 1.26 bits per heavy atom. The molecule has 0 aromatic carbocycles. The van der Waals surface area contributed by atoms with Gasteiger partial charge in [-0.2, -0.15) is 0 Å². The van der Waals surface area contributed by atoms with E-state index in [0.717, 1.165) is 11.3 Å². The molecule has 4 rings (SSSR count). The number of rotatable bonds is 9. The number of aryl methyl sites for hydroxylation is 1. The number of H-pyrrole nitrogens is 1. The molecule has 0 bridgehead atoms. The fourth-order valence-corrected chi connectivity index (χ4v) is 5.58. The van der Waals surface area contributed by atoms with Crippen LogP contribution in [0, 0.1) is 6.92 Å². The van der Waals surface area contributed by atoms with Crippen LogP contribution in [-0.4, -0.2) is 92.8 Å². The van der Waals surface area contributed by atoms with E-state index in [4.69, 9.17) is 42.1 Å². The lowest BCUT2D eigenvalue weighted by Crippen LogP contribution is -2.55. The third-order valence-corrected chi connectivity index (χ3v) is 8.25. The zero-order valence-corrected chi connectivity index (χ0v) is 23.4. The standard InChI is InChI=1S/C23H29Cl2N5O7S/c1-4-36-22(33)19-18(20(31)26-7-12-9-35-10-37-12)29-23(38-19)30-6-5-13(14(8-30)34-3)28-21(32)17-16(25)15(24)11(2)27-17/h12-14,27H,4-10H2,1-3H3,(H,26,31)(H,28,32)/t12?,13-,14+/m1/s1. The third kappa shape index (κ3) is 6.24. The number of anilines is 1. The average molecular weight is 590 g/mol. The number of nitrogens with one attached hydrogen (secondary N) is 3. The van der Waals surface area contributed by atoms with Crippen molar-refractivity contribution in [2.45, 2.75) is 38.5 Å². The summed E-state index contributed by atoms with van der Waals surface area (Å²) in [5.41, 5.74) is 0.779. The Bertz CT molecular complexity index is 1180. The van der Waals surface area contributed by atoms with Gasteiger partial charge in [-0.15, -0.1) is 0 Å². The molecule has 12 nitrogen and oxygen atoms in total. The van der Waals surface area contributed by atoms with Crippen LogP contribution in [0.1, 0.15) is 49.7 Å². The van der Waals surface area contributed by atoms with Crippen molar-refractivity contribution in [2.24, 2.45) is 0 Å². The van der Waals surface area contributed by atoms with Gasteiger partial charge in [-0.25, -0.2) is 9.78 Å². The number of carbonyl (C=O) groups is 3. The van der Waals surface area contributed by atoms with Crippen molar-refractivity contribution in [3.05, 3.63) is 32.0 Å². The maximum Gasteiger partial charge on any atom is 0.350 e. The molecule has 3 atom stereocenters. The normalized spacial score (nSPS) is 21.4. The van der Waals surface area contributed by atoms with Crippen LogP contribution < -0.4 is 15.5 Å². The predicted octanol–water partition coefficient (Wildman–Crippen LogP) is 2.39. The second-order valence-corrected chi connectivity index (χ2v) is 10.5. The number of esters is 1. The summed E-state index contributed by atoms with van der Waals surface area (Å²) in [5, 5.41) is 6.65. The van der Waals surface area contributed by atoms with Gasteiger partial charge in [0.25, 0.3) is 11.8 Å². The van der Waals surface area contributed by atoms with Crippen molar-refractivity contribution >= 4 is 57.5 Å². The molecular formula is C23H29Cl2N5O7S. The lowest BCUT2D eigenvalue weighted by atomic mass is 10.0. The van der Waals surface area contributed by atoms with Crippen LogP contribution in [-0.2, 0) is 18.9 Å². The van der Waals surface area contributed by atoms with Crippen LogP contribution >= 0.6 is 34.5 Å². The molecule has 0 spiro atoms. The Labute approximate surface area is 233 Å². The lowest BCUT2D eigenvalue weighted by Gasteiger charge is -2.37. The zero-order chi connectivity index (χ0) is 27.4. The Kier molecular flexibility index (Phi) is 9.50. The molecule has 1 unspecified atom stereocenters. The van der Waals surface area contributed by atoms with E-state index >= 15 is 0 Å². The minimum Gasteiger partial charge on any atom is -0.462 e. The average Bonchev–Trinajstić information content (AvgIpc) is 3.65. The number of aromatic amines is 1. The molecule has 2 amide bonds. The number of ether oxygens (including phenoxy) is 4. The van der Waals surface area contributed by atoms with Crippen molar-refractivity contribution in [3.63, 3.8) is 0 Å². The second-order valence-electron chi connectivity index (χ2n) is 8.72. The minimum atomic E-state index is -0.621. The van der Waals surface area contributed by atoms with Gasteiger partial charge in [0, 0.05) is 32.4 Å². The van der Waals surface area contributed by atoms with Crippen molar-refractivity contribution in [2.75, 3.05) is 51.7 Å². The topological polar surface area (TPSA) is 144 Å². The van der Waals surface area contributed by atoms with Crippen LogP contribution in [0.2, 0.25) is 10.0 Å². The number of thiazole rings is 1. The van der Waals surface area contributed by atoms with Crippen LogP contribution in [0.5, 0.6) is 0 Å². The smallest absolute Gasteiger partial charge is 0.350 e. The van der Waals surface area contributed by atoms with Gasteiger partial charge < -0.3 is 39.5 Å². The van der Waals surface area contributed by atoms with Gasteiger partial charge in [0.1, 0.15) is 23.5 Å². The number of hydrogen-bond donors (Lipinski definition) is 3. The van der Waals surface area contributed by atoms with Gasteiger partial charge >= 0.3 is 5.97 Å². The highest BCUT2D eigenvalue weighted by atomic mass is 35.5. The number of halogens is 2. The van der Waals surface area contributed by atoms with E-state index in [9.17, 15) is 14.4 Å². The van der Waals surface area contributed by atoms with E-state index in [1.165, 1.54) is 0 Å². The lowest BCUT2D eigenvalue weighted by molar-refractivity contribution is 0.0461. The molecule has 3 N–H and O–H groups in total. The minimum absolute atomic E-state index is 0.0135. The van der Waals surface area contributed by atoms with Gasteiger partial charge in [-0.05, 0) is 20.3 Å². The Balaban J connectivity index is 1.46. The summed E-state index contributed by atoms with van der Waals surface area (Å²) in [5.74, 6) is -1.52. The first-order valence-electron chi connectivity index (χ1n) is 12.0. The third-order valence-electron chi connectivity index (χ3n) is 6.20. The highest BCUT2D eigenvalue weighted by Crippen LogP contribution is 2.31. The summed E-state index contributed by atoms with van der Waals surface area (Å²) in [7, 11) is 1.55. The largest absolute Gasteiger partial charge is 0.462 e. The molecule has 0 saturated carbocycles. The van der Waals surface area contributed by atoms with Crippen LogP contribution in [0.3, 0.4) is 0 Å². The van der Waals surface area contributed by atoms with Gasteiger partial charge in [0.05, 0.1) is 35.4 Å².